The Morgan fingerprint density at radius 2 is 2.33 bits per heavy atom. The fraction of sp³-hybridized carbons (Fsp3) is 0.455. The molecule has 15 heavy (non-hydrogen) atoms. The van der Waals surface area contributed by atoms with Crippen LogP contribution in [-0.2, 0) is 4.74 Å². The lowest BCUT2D eigenvalue weighted by Gasteiger charge is -2.29. The molecule has 2 rings (SSSR count). The van der Waals surface area contributed by atoms with Gasteiger partial charge in [0.15, 0.2) is 0 Å². The standard InChI is InChI=1S/C11H15NO3/c13-6-9-7-15-11(5-12-9)8-2-1-3-10(14)4-8/h1-4,9,11-14H,5-7H2. The van der Waals surface area contributed by atoms with Gasteiger partial charge in [0.05, 0.1) is 25.4 Å². The average molecular weight is 209 g/mol. The number of benzene rings is 1. The summed E-state index contributed by atoms with van der Waals surface area (Å²) >= 11 is 0. The predicted molar refractivity (Wildman–Crippen MR) is 55.7 cm³/mol. The molecule has 2 atom stereocenters. The normalized spacial score (nSPS) is 26.5. The second-order valence-electron chi connectivity index (χ2n) is 3.70. The van der Waals surface area contributed by atoms with Crippen LogP contribution in [-0.4, -0.2) is 36.0 Å². The van der Waals surface area contributed by atoms with E-state index in [1.165, 1.54) is 0 Å². The first-order chi connectivity index (χ1) is 7.29. The van der Waals surface area contributed by atoms with Gasteiger partial charge < -0.3 is 20.3 Å². The zero-order valence-corrected chi connectivity index (χ0v) is 8.39. The van der Waals surface area contributed by atoms with Gasteiger partial charge in [0.2, 0.25) is 0 Å². The number of morpholine rings is 1. The fourth-order valence-electron chi connectivity index (χ4n) is 1.68. The lowest BCUT2D eigenvalue weighted by Crippen LogP contribution is -2.44. The van der Waals surface area contributed by atoms with Gasteiger partial charge in [-0.05, 0) is 17.7 Å². The molecule has 3 N–H and O–H groups in total. The Bertz CT molecular complexity index is 321. The highest BCUT2D eigenvalue weighted by Crippen LogP contribution is 2.22. The molecular weight excluding hydrogens is 194 g/mol. The molecular formula is C11H15NO3. The number of hydrogen-bond donors (Lipinski definition) is 3. The van der Waals surface area contributed by atoms with E-state index < -0.39 is 0 Å². The summed E-state index contributed by atoms with van der Waals surface area (Å²) in [5, 5.41) is 21.4. The summed E-state index contributed by atoms with van der Waals surface area (Å²) < 4.78 is 5.59. The van der Waals surface area contributed by atoms with E-state index in [0.717, 1.165) is 5.56 Å². The Balaban J connectivity index is 2.01. The molecule has 0 amide bonds. The van der Waals surface area contributed by atoms with Gasteiger partial charge in [-0.1, -0.05) is 12.1 Å². The molecule has 1 heterocycles. The maximum Gasteiger partial charge on any atom is 0.115 e. The van der Waals surface area contributed by atoms with Crippen LogP contribution in [0, 0.1) is 0 Å². The van der Waals surface area contributed by atoms with Crippen molar-refractivity contribution in [3.05, 3.63) is 29.8 Å². The SMILES string of the molecule is OCC1COC(c2cccc(O)c2)CN1. The summed E-state index contributed by atoms with van der Waals surface area (Å²) in [5.74, 6) is 0.250. The molecule has 4 nitrogen and oxygen atoms in total. The van der Waals surface area contributed by atoms with Gasteiger partial charge in [0.25, 0.3) is 0 Å². The molecule has 0 saturated carbocycles. The lowest BCUT2D eigenvalue weighted by molar-refractivity contribution is -0.00960. The maximum atomic E-state index is 9.33. The minimum atomic E-state index is -0.0418. The maximum absolute atomic E-state index is 9.33. The summed E-state index contributed by atoms with van der Waals surface area (Å²) in [5.41, 5.74) is 0.957. The summed E-state index contributed by atoms with van der Waals surface area (Å²) in [6, 6.07) is 7.08. The van der Waals surface area contributed by atoms with Crippen molar-refractivity contribution in [2.24, 2.45) is 0 Å². The number of nitrogens with one attached hydrogen (secondary N) is 1. The first kappa shape index (κ1) is 10.4. The Morgan fingerprint density at radius 1 is 1.47 bits per heavy atom. The van der Waals surface area contributed by atoms with E-state index in [2.05, 4.69) is 5.32 Å². The van der Waals surface area contributed by atoms with E-state index in [4.69, 9.17) is 9.84 Å². The Hall–Kier alpha value is -1.10. The number of phenolic OH excluding ortho intramolecular Hbond substituents is 1. The smallest absolute Gasteiger partial charge is 0.115 e. The molecule has 4 heteroatoms. The average Bonchev–Trinajstić information content (AvgIpc) is 2.29. The van der Waals surface area contributed by atoms with E-state index in [1.54, 1.807) is 18.2 Å². The van der Waals surface area contributed by atoms with E-state index in [0.29, 0.717) is 13.2 Å². The summed E-state index contributed by atoms with van der Waals surface area (Å²) in [7, 11) is 0. The van der Waals surface area contributed by atoms with Crippen molar-refractivity contribution in [2.75, 3.05) is 19.8 Å². The Labute approximate surface area is 88.5 Å². The molecule has 1 aliphatic heterocycles. The van der Waals surface area contributed by atoms with Gasteiger partial charge >= 0.3 is 0 Å². The second-order valence-corrected chi connectivity index (χ2v) is 3.70. The molecule has 82 valence electrons. The third kappa shape index (κ3) is 2.47. The van der Waals surface area contributed by atoms with E-state index in [1.807, 2.05) is 6.07 Å². The van der Waals surface area contributed by atoms with Crippen LogP contribution in [0.3, 0.4) is 0 Å². The van der Waals surface area contributed by atoms with Gasteiger partial charge in [-0.3, -0.25) is 0 Å². The largest absolute Gasteiger partial charge is 0.508 e. The molecule has 1 aliphatic rings. The van der Waals surface area contributed by atoms with Gasteiger partial charge in [-0.25, -0.2) is 0 Å². The number of hydrogen-bond acceptors (Lipinski definition) is 4. The van der Waals surface area contributed by atoms with Gasteiger partial charge in [0.1, 0.15) is 5.75 Å². The summed E-state index contributed by atoms with van der Waals surface area (Å²) in [4.78, 5) is 0. The van der Waals surface area contributed by atoms with E-state index >= 15 is 0 Å². The van der Waals surface area contributed by atoms with Crippen LogP contribution in [0.2, 0.25) is 0 Å². The Kier molecular flexibility index (Phi) is 3.20. The molecule has 0 bridgehead atoms. The molecule has 2 unspecified atom stereocenters. The predicted octanol–water partition coefficient (Wildman–Crippen LogP) is 0.414. The van der Waals surface area contributed by atoms with Crippen LogP contribution in [0.4, 0.5) is 0 Å². The highest BCUT2D eigenvalue weighted by Gasteiger charge is 2.21. The number of rotatable bonds is 2. The van der Waals surface area contributed by atoms with Crippen molar-refractivity contribution in [1.82, 2.24) is 5.32 Å². The Morgan fingerprint density at radius 3 is 2.93 bits per heavy atom. The van der Waals surface area contributed by atoms with Crippen molar-refractivity contribution >= 4 is 0 Å². The number of aromatic hydroxyl groups is 1. The van der Waals surface area contributed by atoms with Crippen molar-refractivity contribution in [1.29, 1.82) is 0 Å². The minimum absolute atomic E-state index is 0.0264. The summed E-state index contributed by atoms with van der Waals surface area (Å²) in [6.07, 6.45) is -0.0418. The third-order valence-corrected chi connectivity index (χ3v) is 2.55. The molecule has 1 aromatic rings. The van der Waals surface area contributed by atoms with Crippen molar-refractivity contribution in [3.63, 3.8) is 0 Å². The van der Waals surface area contributed by atoms with Crippen LogP contribution in [0.1, 0.15) is 11.7 Å². The lowest BCUT2D eigenvalue weighted by atomic mass is 10.1. The molecule has 0 radical (unpaired) electrons. The zero-order valence-electron chi connectivity index (χ0n) is 8.39. The minimum Gasteiger partial charge on any atom is -0.508 e. The molecule has 1 aromatic carbocycles. The number of phenols is 1. The number of aliphatic hydroxyl groups excluding tert-OH is 1. The van der Waals surface area contributed by atoms with Crippen molar-refractivity contribution in [3.8, 4) is 5.75 Å². The molecule has 0 aromatic heterocycles. The van der Waals surface area contributed by atoms with Crippen molar-refractivity contribution in [2.45, 2.75) is 12.1 Å². The first-order valence-electron chi connectivity index (χ1n) is 5.04. The van der Waals surface area contributed by atoms with E-state index in [9.17, 15) is 5.11 Å². The number of ether oxygens (including phenoxy) is 1. The van der Waals surface area contributed by atoms with E-state index in [-0.39, 0.29) is 24.5 Å². The highest BCUT2D eigenvalue weighted by atomic mass is 16.5. The van der Waals surface area contributed by atoms with Crippen LogP contribution in [0.25, 0.3) is 0 Å². The van der Waals surface area contributed by atoms with Crippen LogP contribution in [0.15, 0.2) is 24.3 Å². The van der Waals surface area contributed by atoms with Gasteiger partial charge in [-0.2, -0.15) is 0 Å². The molecule has 1 fully saturated rings. The topological polar surface area (TPSA) is 61.7 Å². The molecule has 1 saturated heterocycles. The first-order valence-corrected chi connectivity index (χ1v) is 5.04. The fourth-order valence-corrected chi connectivity index (χ4v) is 1.68. The van der Waals surface area contributed by atoms with Crippen LogP contribution >= 0.6 is 0 Å². The second kappa shape index (κ2) is 4.61. The molecule has 0 aliphatic carbocycles. The summed E-state index contributed by atoms with van der Waals surface area (Å²) in [6.45, 7) is 1.25. The van der Waals surface area contributed by atoms with Gasteiger partial charge in [-0.15, -0.1) is 0 Å². The monoisotopic (exact) mass is 209 g/mol. The van der Waals surface area contributed by atoms with Crippen molar-refractivity contribution < 1.29 is 14.9 Å². The third-order valence-electron chi connectivity index (χ3n) is 2.55. The highest BCUT2D eigenvalue weighted by molar-refractivity contribution is 5.29. The zero-order chi connectivity index (χ0) is 10.7. The van der Waals surface area contributed by atoms with Crippen LogP contribution < -0.4 is 5.32 Å². The molecule has 0 spiro atoms. The quantitative estimate of drug-likeness (QED) is 0.660. The van der Waals surface area contributed by atoms with Crippen LogP contribution in [0.5, 0.6) is 5.75 Å². The number of aliphatic hydroxyl groups is 1. The van der Waals surface area contributed by atoms with Gasteiger partial charge in [0, 0.05) is 6.54 Å².